The van der Waals surface area contributed by atoms with Crippen molar-refractivity contribution in [3.63, 3.8) is 0 Å². The quantitative estimate of drug-likeness (QED) is 0.495. The number of aryl methyl sites for hydroxylation is 2. The van der Waals surface area contributed by atoms with Crippen LogP contribution < -0.4 is 5.32 Å². The molecule has 0 saturated heterocycles. The summed E-state index contributed by atoms with van der Waals surface area (Å²) < 4.78 is 12.9. The standard InChI is InChI=1S/C27H37N5O3/c1-18(2)12-23(28-27(33)24-7-6-22(35-24)17-34-5)26-30-29-25-8-9-31(10-11-32(25)26)16-21-14-19(3)13-20(4)15-21/h6-7,13-15,18,23H,8-12,16-17H2,1-5H3,(H,28,33). The molecule has 1 aliphatic rings. The van der Waals surface area contributed by atoms with Crippen LogP contribution >= 0.6 is 0 Å². The molecular formula is C27H37N5O3. The molecule has 3 aromatic rings. The first-order valence-corrected chi connectivity index (χ1v) is 12.4. The molecule has 35 heavy (non-hydrogen) atoms. The molecule has 8 nitrogen and oxygen atoms in total. The van der Waals surface area contributed by atoms with E-state index in [1.807, 2.05) is 0 Å². The number of nitrogens with one attached hydrogen (secondary N) is 1. The van der Waals surface area contributed by atoms with E-state index in [1.54, 1.807) is 19.2 Å². The van der Waals surface area contributed by atoms with Gasteiger partial charge in [0.15, 0.2) is 11.6 Å². The van der Waals surface area contributed by atoms with Gasteiger partial charge in [-0.05, 0) is 43.9 Å². The van der Waals surface area contributed by atoms with E-state index in [1.165, 1.54) is 16.7 Å². The molecule has 1 aromatic carbocycles. The van der Waals surface area contributed by atoms with Crippen molar-refractivity contribution >= 4 is 5.91 Å². The third kappa shape index (κ3) is 6.38. The second kappa shape index (κ2) is 11.2. The Morgan fingerprint density at radius 3 is 2.60 bits per heavy atom. The largest absolute Gasteiger partial charge is 0.453 e. The molecule has 0 fully saturated rings. The van der Waals surface area contributed by atoms with Crippen molar-refractivity contribution in [1.29, 1.82) is 0 Å². The third-order valence-electron chi connectivity index (χ3n) is 6.33. The summed E-state index contributed by atoms with van der Waals surface area (Å²) >= 11 is 0. The number of amides is 1. The summed E-state index contributed by atoms with van der Waals surface area (Å²) in [5, 5.41) is 12.2. The minimum atomic E-state index is -0.250. The van der Waals surface area contributed by atoms with Crippen LogP contribution in [0.15, 0.2) is 34.7 Å². The number of fused-ring (bicyclic) bond motifs is 1. The Labute approximate surface area is 207 Å². The molecule has 0 bridgehead atoms. The lowest BCUT2D eigenvalue weighted by Gasteiger charge is -2.22. The number of nitrogens with zero attached hydrogens (tertiary/aromatic N) is 4. The zero-order valence-corrected chi connectivity index (χ0v) is 21.5. The van der Waals surface area contributed by atoms with Gasteiger partial charge in [-0.1, -0.05) is 43.2 Å². The van der Waals surface area contributed by atoms with Crippen molar-refractivity contribution in [2.24, 2.45) is 5.92 Å². The van der Waals surface area contributed by atoms with Gasteiger partial charge < -0.3 is 19.0 Å². The summed E-state index contributed by atoms with van der Waals surface area (Å²) in [5.41, 5.74) is 3.94. The zero-order valence-electron chi connectivity index (χ0n) is 21.5. The molecule has 1 amide bonds. The van der Waals surface area contributed by atoms with Crippen molar-refractivity contribution in [3.05, 3.63) is 70.2 Å². The van der Waals surface area contributed by atoms with Crippen molar-refractivity contribution in [2.45, 2.75) is 66.3 Å². The number of carbonyl (C=O) groups excluding carboxylic acids is 1. The predicted molar refractivity (Wildman–Crippen MR) is 134 cm³/mol. The van der Waals surface area contributed by atoms with Gasteiger partial charge in [-0.25, -0.2) is 0 Å². The van der Waals surface area contributed by atoms with Crippen molar-refractivity contribution in [2.75, 3.05) is 20.2 Å². The lowest BCUT2D eigenvalue weighted by atomic mass is 10.0. The highest BCUT2D eigenvalue weighted by Crippen LogP contribution is 2.24. The maximum Gasteiger partial charge on any atom is 0.287 e. The summed E-state index contributed by atoms with van der Waals surface area (Å²) in [6, 6.07) is 9.96. The third-order valence-corrected chi connectivity index (χ3v) is 6.33. The highest BCUT2D eigenvalue weighted by atomic mass is 16.5. The molecule has 1 N–H and O–H groups in total. The van der Waals surface area contributed by atoms with Gasteiger partial charge in [-0.2, -0.15) is 0 Å². The van der Waals surface area contributed by atoms with Crippen LogP contribution in [-0.4, -0.2) is 45.8 Å². The van der Waals surface area contributed by atoms with E-state index in [0.717, 1.165) is 50.7 Å². The van der Waals surface area contributed by atoms with Gasteiger partial charge in [0.1, 0.15) is 18.2 Å². The monoisotopic (exact) mass is 479 g/mol. The minimum absolute atomic E-state index is 0.245. The molecule has 3 heterocycles. The van der Waals surface area contributed by atoms with Gasteiger partial charge in [0, 0.05) is 39.7 Å². The van der Waals surface area contributed by atoms with Crippen LogP contribution in [0.3, 0.4) is 0 Å². The van der Waals surface area contributed by atoms with Crippen LogP contribution in [0.2, 0.25) is 0 Å². The second-order valence-corrected chi connectivity index (χ2v) is 10.0. The summed E-state index contributed by atoms with van der Waals surface area (Å²) in [5.74, 6) is 2.82. The zero-order chi connectivity index (χ0) is 24.9. The van der Waals surface area contributed by atoms with Crippen LogP contribution in [0.1, 0.15) is 71.0 Å². The molecular weight excluding hydrogens is 442 g/mol. The number of hydrogen-bond acceptors (Lipinski definition) is 6. The van der Waals surface area contributed by atoms with Crippen molar-refractivity contribution in [3.8, 4) is 0 Å². The van der Waals surface area contributed by atoms with Gasteiger partial charge in [0.05, 0.1) is 6.04 Å². The maximum absolute atomic E-state index is 13.0. The number of rotatable bonds is 9. The summed E-state index contributed by atoms with van der Waals surface area (Å²) in [7, 11) is 1.60. The summed E-state index contributed by atoms with van der Waals surface area (Å²) in [6.07, 6.45) is 1.60. The van der Waals surface area contributed by atoms with Crippen molar-refractivity contribution < 1.29 is 13.9 Å². The van der Waals surface area contributed by atoms with Gasteiger partial charge >= 0.3 is 0 Å². The SMILES string of the molecule is COCc1ccc(C(=O)NC(CC(C)C)c2nnc3n2CCN(Cc2cc(C)cc(C)c2)CC3)o1. The fourth-order valence-electron chi connectivity index (χ4n) is 4.87. The van der Waals surface area contributed by atoms with Gasteiger partial charge in [-0.15, -0.1) is 10.2 Å². The van der Waals surface area contributed by atoms with E-state index < -0.39 is 0 Å². The Hall–Kier alpha value is -2.97. The first kappa shape index (κ1) is 25.1. The molecule has 1 unspecified atom stereocenters. The first-order valence-electron chi connectivity index (χ1n) is 12.4. The summed E-state index contributed by atoms with van der Waals surface area (Å²) in [4.78, 5) is 15.5. The normalized spacial score (nSPS) is 15.1. The van der Waals surface area contributed by atoms with E-state index >= 15 is 0 Å². The minimum Gasteiger partial charge on any atom is -0.453 e. The molecule has 2 aromatic heterocycles. The number of furan rings is 1. The first-order chi connectivity index (χ1) is 16.8. The molecule has 188 valence electrons. The highest BCUT2D eigenvalue weighted by molar-refractivity contribution is 5.91. The van der Waals surface area contributed by atoms with Crippen LogP contribution in [-0.2, 0) is 30.9 Å². The van der Waals surface area contributed by atoms with Crippen LogP contribution in [0.4, 0.5) is 0 Å². The van der Waals surface area contributed by atoms with E-state index in [0.29, 0.717) is 18.3 Å². The fraction of sp³-hybridized carbons (Fsp3) is 0.519. The Morgan fingerprint density at radius 1 is 1.11 bits per heavy atom. The Morgan fingerprint density at radius 2 is 1.89 bits per heavy atom. The number of carbonyl (C=O) groups is 1. The van der Waals surface area contributed by atoms with Gasteiger partial charge in [0.25, 0.3) is 5.91 Å². The Balaban J connectivity index is 1.48. The van der Waals surface area contributed by atoms with Gasteiger partial charge in [-0.3, -0.25) is 9.69 Å². The molecule has 0 saturated carbocycles. The topological polar surface area (TPSA) is 85.4 Å². The number of methoxy groups -OCH3 is 1. The van der Waals surface area contributed by atoms with Crippen LogP contribution in [0.25, 0.3) is 0 Å². The Kier molecular flexibility index (Phi) is 8.03. The lowest BCUT2D eigenvalue weighted by molar-refractivity contribution is 0.0892. The molecule has 1 atom stereocenters. The van der Waals surface area contributed by atoms with E-state index in [-0.39, 0.29) is 17.7 Å². The maximum atomic E-state index is 13.0. The number of benzene rings is 1. The Bertz CT molecular complexity index is 1130. The van der Waals surface area contributed by atoms with Gasteiger partial charge in [0.2, 0.25) is 0 Å². The molecule has 1 aliphatic heterocycles. The second-order valence-electron chi connectivity index (χ2n) is 10.0. The smallest absolute Gasteiger partial charge is 0.287 e. The number of ether oxygens (including phenoxy) is 1. The lowest BCUT2D eigenvalue weighted by Crippen LogP contribution is -2.32. The van der Waals surface area contributed by atoms with E-state index in [9.17, 15) is 4.79 Å². The van der Waals surface area contributed by atoms with E-state index in [2.05, 4.69) is 70.9 Å². The summed E-state index contributed by atoms with van der Waals surface area (Å²) in [6.45, 7) is 12.5. The van der Waals surface area contributed by atoms with Crippen LogP contribution in [0.5, 0.6) is 0 Å². The average Bonchev–Trinajstić information content (AvgIpc) is 3.37. The highest BCUT2D eigenvalue weighted by Gasteiger charge is 2.27. The molecule has 0 aliphatic carbocycles. The van der Waals surface area contributed by atoms with Crippen molar-refractivity contribution in [1.82, 2.24) is 25.0 Å². The molecule has 8 heteroatoms. The predicted octanol–water partition coefficient (Wildman–Crippen LogP) is 4.21. The fourth-order valence-corrected chi connectivity index (χ4v) is 4.87. The molecule has 0 spiro atoms. The van der Waals surface area contributed by atoms with Crippen LogP contribution in [0, 0.1) is 19.8 Å². The number of hydrogen-bond donors (Lipinski definition) is 1. The molecule has 0 radical (unpaired) electrons. The average molecular weight is 480 g/mol. The molecule has 4 rings (SSSR count). The van der Waals surface area contributed by atoms with E-state index in [4.69, 9.17) is 9.15 Å². The number of aromatic nitrogens is 3.